The Balaban J connectivity index is 2.24. The summed E-state index contributed by atoms with van der Waals surface area (Å²) in [5.74, 6) is -1.51. The largest absolute Gasteiger partial charge is 0.323 e. The highest BCUT2D eigenvalue weighted by atomic mass is 32.2. The zero-order chi connectivity index (χ0) is 17.9. The van der Waals surface area contributed by atoms with Crippen LogP contribution in [0.5, 0.6) is 0 Å². The minimum absolute atomic E-state index is 0.148. The number of anilines is 1. The minimum Gasteiger partial charge on any atom is -0.323 e. The first kappa shape index (κ1) is 17.5. The summed E-state index contributed by atoms with van der Waals surface area (Å²) in [5.41, 5.74) is -0.362. The van der Waals surface area contributed by atoms with Gasteiger partial charge in [-0.1, -0.05) is 18.2 Å². The Labute approximate surface area is 137 Å². The van der Waals surface area contributed by atoms with E-state index in [9.17, 15) is 27.7 Å². The van der Waals surface area contributed by atoms with Crippen molar-refractivity contribution in [1.29, 1.82) is 0 Å². The third-order valence-corrected chi connectivity index (χ3v) is 4.29. The Morgan fingerprint density at radius 2 is 1.92 bits per heavy atom. The molecule has 0 unspecified atom stereocenters. The van der Waals surface area contributed by atoms with Gasteiger partial charge in [0.1, 0.15) is 5.82 Å². The molecule has 9 heteroatoms. The lowest BCUT2D eigenvalue weighted by molar-refractivity contribution is -0.385. The second kappa shape index (κ2) is 6.75. The van der Waals surface area contributed by atoms with Crippen molar-refractivity contribution in [3.8, 4) is 0 Å². The molecule has 24 heavy (non-hydrogen) atoms. The maximum Gasteiger partial charge on any atom is 0.273 e. The molecular weight excluding hydrogens is 339 g/mol. The summed E-state index contributed by atoms with van der Waals surface area (Å²) >= 11 is 0. The molecule has 1 N–H and O–H groups in total. The van der Waals surface area contributed by atoms with Gasteiger partial charge < -0.3 is 5.32 Å². The van der Waals surface area contributed by atoms with E-state index < -0.39 is 26.5 Å². The summed E-state index contributed by atoms with van der Waals surface area (Å²) < 4.78 is 36.7. The van der Waals surface area contributed by atoms with Crippen LogP contribution in [0.2, 0.25) is 0 Å². The number of amides is 1. The molecule has 0 heterocycles. The van der Waals surface area contributed by atoms with Gasteiger partial charge in [-0.2, -0.15) is 0 Å². The molecule has 2 rings (SSSR count). The molecule has 7 nitrogen and oxygen atoms in total. The molecule has 0 aliphatic carbocycles. The standard InChI is InChI=1S/C15H13FN2O5S/c1-24(22,23)11-6-7-12(16)13(9-11)17-15(19)8-10-4-2-3-5-14(10)18(20)21/h2-7,9H,8H2,1H3,(H,17,19). The van der Waals surface area contributed by atoms with Crippen molar-refractivity contribution in [1.82, 2.24) is 0 Å². The quantitative estimate of drug-likeness (QED) is 0.505. The topological polar surface area (TPSA) is 106 Å². The van der Waals surface area contributed by atoms with Gasteiger partial charge in [0, 0.05) is 17.9 Å². The number of nitrogens with one attached hydrogen (secondary N) is 1. The van der Waals surface area contributed by atoms with Crippen molar-refractivity contribution >= 4 is 27.1 Å². The zero-order valence-corrected chi connectivity index (χ0v) is 13.3. The van der Waals surface area contributed by atoms with Gasteiger partial charge >= 0.3 is 0 Å². The second-order valence-electron chi connectivity index (χ2n) is 5.02. The van der Waals surface area contributed by atoms with E-state index >= 15 is 0 Å². The molecule has 0 spiro atoms. The van der Waals surface area contributed by atoms with Gasteiger partial charge in [0.25, 0.3) is 5.69 Å². The number of hydrogen-bond donors (Lipinski definition) is 1. The first-order chi connectivity index (χ1) is 11.2. The van der Waals surface area contributed by atoms with Crippen LogP contribution in [0.3, 0.4) is 0 Å². The Bertz CT molecular complexity index is 912. The van der Waals surface area contributed by atoms with Gasteiger partial charge in [0.05, 0.1) is 21.9 Å². The third-order valence-electron chi connectivity index (χ3n) is 3.18. The van der Waals surface area contributed by atoms with Gasteiger partial charge in [-0.25, -0.2) is 12.8 Å². The highest BCUT2D eigenvalue weighted by molar-refractivity contribution is 7.90. The normalized spacial score (nSPS) is 11.1. The summed E-state index contributed by atoms with van der Waals surface area (Å²) in [7, 11) is -3.56. The third kappa shape index (κ3) is 4.13. The predicted octanol–water partition coefficient (Wildman–Crippen LogP) is 2.32. The predicted molar refractivity (Wildman–Crippen MR) is 84.9 cm³/mol. The maximum atomic E-state index is 13.7. The lowest BCUT2D eigenvalue weighted by Crippen LogP contribution is -2.16. The minimum atomic E-state index is -3.56. The van der Waals surface area contributed by atoms with Crippen LogP contribution in [-0.4, -0.2) is 25.5 Å². The maximum absolute atomic E-state index is 13.7. The Morgan fingerprint density at radius 1 is 1.25 bits per heavy atom. The highest BCUT2D eigenvalue weighted by Crippen LogP contribution is 2.22. The molecule has 0 aliphatic heterocycles. The molecule has 2 aromatic carbocycles. The first-order valence-corrected chi connectivity index (χ1v) is 8.59. The van der Waals surface area contributed by atoms with Crippen LogP contribution in [0.25, 0.3) is 0 Å². The number of sulfone groups is 1. The monoisotopic (exact) mass is 352 g/mol. The molecule has 0 atom stereocenters. The summed E-state index contributed by atoms with van der Waals surface area (Å²) in [4.78, 5) is 22.2. The fraction of sp³-hybridized carbons (Fsp3) is 0.133. The first-order valence-electron chi connectivity index (χ1n) is 6.70. The van der Waals surface area contributed by atoms with Gasteiger partial charge in [-0.05, 0) is 18.2 Å². The average molecular weight is 352 g/mol. The average Bonchev–Trinajstić information content (AvgIpc) is 2.48. The number of rotatable bonds is 5. The molecule has 0 aliphatic rings. The van der Waals surface area contributed by atoms with Gasteiger partial charge in [0.2, 0.25) is 5.91 Å². The Hall–Kier alpha value is -2.81. The number of hydrogen-bond acceptors (Lipinski definition) is 5. The van der Waals surface area contributed by atoms with Crippen LogP contribution in [0, 0.1) is 15.9 Å². The number of carbonyl (C=O) groups excluding carboxylic acids is 1. The van der Waals surface area contributed by atoms with Crippen LogP contribution in [0.15, 0.2) is 47.4 Å². The summed E-state index contributed by atoms with van der Waals surface area (Å²) in [6.45, 7) is 0. The number of nitro benzene ring substituents is 1. The summed E-state index contributed by atoms with van der Waals surface area (Å²) in [5, 5.41) is 13.2. The van der Waals surface area contributed by atoms with Gasteiger partial charge in [-0.15, -0.1) is 0 Å². The van der Waals surface area contributed by atoms with Crippen LogP contribution < -0.4 is 5.32 Å². The van der Waals surface area contributed by atoms with E-state index in [2.05, 4.69) is 5.32 Å². The van der Waals surface area contributed by atoms with Crippen LogP contribution >= 0.6 is 0 Å². The van der Waals surface area contributed by atoms with E-state index in [0.717, 1.165) is 24.5 Å². The van der Waals surface area contributed by atoms with Crippen LogP contribution in [0.1, 0.15) is 5.56 Å². The lowest BCUT2D eigenvalue weighted by atomic mass is 10.1. The van der Waals surface area contributed by atoms with Gasteiger partial charge in [0.15, 0.2) is 9.84 Å². The lowest BCUT2D eigenvalue weighted by Gasteiger charge is -2.08. The molecule has 0 radical (unpaired) electrons. The SMILES string of the molecule is CS(=O)(=O)c1ccc(F)c(NC(=O)Cc2ccccc2[N+](=O)[O-])c1. The molecule has 0 saturated heterocycles. The van der Waals surface area contributed by atoms with E-state index in [4.69, 9.17) is 0 Å². The molecule has 0 bridgehead atoms. The molecular formula is C15H13FN2O5S. The molecule has 126 valence electrons. The van der Waals surface area contributed by atoms with Crippen molar-refractivity contribution in [3.05, 3.63) is 64.0 Å². The highest BCUT2D eigenvalue weighted by Gasteiger charge is 2.17. The van der Waals surface area contributed by atoms with Crippen molar-refractivity contribution in [2.75, 3.05) is 11.6 Å². The van der Waals surface area contributed by atoms with Crippen molar-refractivity contribution in [2.45, 2.75) is 11.3 Å². The number of benzene rings is 2. The number of carbonyl (C=O) groups is 1. The Morgan fingerprint density at radius 3 is 2.54 bits per heavy atom. The van der Waals surface area contributed by atoms with Crippen molar-refractivity contribution in [3.63, 3.8) is 0 Å². The van der Waals surface area contributed by atoms with E-state index in [0.29, 0.717) is 0 Å². The molecule has 0 fully saturated rings. The number of para-hydroxylation sites is 1. The Kier molecular flexibility index (Phi) is 4.93. The fourth-order valence-corrected chi connectivity index (χ4v) is 2.68. The summed E-state index contributed by atoms with van der Waals surface area (Å²) in [6.07, 6.45) is 0.610. The number of nitro groups is 1. The van der Waals surface area contributed by atoms with Gasteiger partial charge in [-0.3, -0.25) is 14.9 Å². The van der Waals surface area contributed by atoms with E-state index in [-0.39, 0.29) is 28.3 Å². The number of halogens is 1. The van der Waals surface area contributed by atoms with E-state index in [1.54, 1.807) is 6.07 Å². The van der Waals surface area contributed by atoms with Crippen LogP contribution in [0.4, 0.5) is 15.8 Å². The van der Waals surface area contributed by atoms with E-state index in [1.807, 2.05) is 0 Å². The molecule has 0 saturated carbocycles. The smallest absolute Gasteiger partial charge is 0.273 e. The van der Waals surface area contributed by atoms with Crippen molar-refractivity contribution in [2.24, 2.45) is 0 Å². The van der Waals surface area contributed by atoms with Crippen LogP contribution in [-0.2, 0) is 21.1 Å². The molecule has 1 amide bonds. The fourth-order valence-electron chi connectivity index (χ4n) is 2.04. The zero-order valence-electron chi connectivity index (χ0n) is 12.5. The number of nitrogens with zero attached hydrogens (tertiary/aromatic N) is 1. The summed E-state index contributed by atoms with van der Waals surface area (Å²) in [6, 6.07) is 8.70. The van der Waals surface area contributed by atoms with E-state index in [1.165, 1.54) is 18.2 Å². The molecule has 2 aromatic rings. The second-order valence-corrected chi connectivity index (χ2v) is 7.04. The molecule has 0 aromatic heterocycles. The van der Waals surface area contributed by atoms with Crippen molar-refractivity contribution < 1.29 is 22.5 Å².